The molecule has 0 aromatic rings. The van der Waals surface area contributed by atoms with Gasteiger partial charge in [0.15, 0.2) is 0 Å². The fourth-order valence-corrected chi connectivity index (χ4v) is 0. The van der Waals surface area contributed by atoms with Gasteiger partial charge in [-0.2, -0.15) is 0 Å². The number of hydrogen-bond acceptors (Lipinski definition) is 0. The van der Waals surface area contributed by atoms with Gasteiger partial charge in [0.05, 0.1) is 0 Å². The van der Waals surface area contributed by atoms with Gasteiger partial charge in [0.1, 0.15) is 0 Å². The zero-order valence-corrected chi connectivity index (χ0v) is 16.7. The first-order valence-corrected chi connectivity index (χ1v) is 0. The van der Waals surface area contributed by atoms with Crippen LogP contribution in [0.1, 0.15) is 0 Å². The predicted molar refractivity (Wildman–Crippen MR) is 19.2 cm³/mol. The number of rotatable bonds is 0. The third-order valence-electron chi connectivity index (χ3n) is 0. The van der Waals surface area contributed by atoms with Crippen LogP contribution in [0.5, 0.6) is 0 Å². The average molecular weight is 401 g/mol. The molecule has 0 nitrogen and oxygen atoms in total. The van der Waals surface area contributed by atoms with Gasteiger partial charge in [-0.15, -0.1) is 0 Å². The molecular weight excluding hydrogens is 392 g/mol. The van der Waals surface area contributed by atoms with Gasteiger partial charge in [-0.1, -0.05) is 0 Å². The molecule has 4 heteroatoms. The molecule has 0 amide bonds. The average Bonchev–Trinajstić information content (AvgIpc) is 0. The fourth-order valence-electron chi connectivity index (χ4n) is 0. The molecule has 0 aliphatic carbocycles. The van der Waals surface area contributed by atoms with Crippen LogP contribution in [0.15, 0.2) is 0 Å². The fraction of sp³-hybridized carbons (Fsp3) is 0. The van der Waals surface area contributed by atoms with Crippen LogP contribution in [-0.4, -0.2) is 0 Å². The van der Waals surface area contributed by atoms with Crippen LogP contribution in [0.3, 0.4) is 0 Å². The molecular formula is C3H9Y4. The van der Waals surface area contributed by atoms with E-state index in [0.717, 1.165) is 0 Å². The first kappa shape index (κ1) is 63.5. The van der Waals surface area contributed by atoms with Crippen molar-refractivity contribution in [3.05, 3.63) is 22.3 Å². The smallest absolute Gasteiger partial charge is 0.358 e. The second kappa shape index (κ2) is 47.4. The molecule has 0 aliphatic heterocycles. The first-order valence-electron chi connectivity index (χ1n) is 0. The quantitative estimate of drug-likeness (QED) is 0.538. The van der Waals surface area contributed by atoms with E-state index in [1.807, 2.05) is 0 Å². The summed E-state index contributed by atoms with van der Waals surface area (Å²) in [5, 5.41) is 0. The van der Waals surface area contributed by atoms with Crippen LogP contribution in [-0.2, 0) is 131 Å². The molecule has 0 saturated carbocycles. The summed E-state index contributed by atoms with van der Waals surface area (Å²) in [6, 6.07) is 0. The van der Waals surface area contributed by atoms with Crippen LogP contribution in [0.2, 0.25) is 0 Å². The van der Waals surface area contributed by atoms with Crippen molar-refractivity contribution in [3.8, 4) is 0 Å². The van der Waals surface area contributed by atoms with Crippen molar-refractivity contribution in [2.45, 2.75) is 0 Å². The molecule has 0 aromatic heterocycles. The molecule has 0 heterocycles. The maximum Gasteiger partial charge on any atom is 3.00 e. The van der Waals surface area contributed by atoms with Crippen molar-refractivity contribution in [1.29, 1.82) is 0 Å². The Balaban J connectivity index is 0. The minimum Gasteiger partial charge on any atom is -0.358 e. The number of hydrogen-bond donors (Lipinski definition) is 0. The van der Waals surface area contributed by atoms with Gasteiger partial charge >= 0.3 is 32.7 Å². The third-order valence-corrected chi connectivity index (χ3v) is 0. The van der Waals surface area contributed by atoms with Gasteiger partial charge in [-0.25, -0.2) is 0 Å². The first-order chi connectivity index (χ1) is 0. The summed E-state index contributed by atoms with van der Waals surface area (Å²) in [6.45, 7) is 0. The van der Waals surface area contributed by atoms with E-state index in [-0.39, 0.29) is 153 Å². The molecule has 0 fully saturated rings. The molecule has 0 aliphatic rings. The van der Waals surface area contributed by atoms with E-state index in [1.54, 1.807) is 0 Å². The largest absolute Gasteiger partial charge is 3.00 e. The molecule has 0 rings (SSSR count). The van der Waals surface area contributed by atoms with Crippen molar-refractivity contribution in [3.63, 3.8) is 0 Å². The second-order valence-electron chi connectivity index (χ2n) is 0. The molecule has 0 N–H and O–H groups in total. The monoisotopic (exact) mass is 401 g/mol. The van der Waals surface area contributed by atoms with Crippen molar-refractivity contribution >= 4 is 0 Å². The van der Waals surface area contributed by atoms with Gasteiger partial charge in [0.2, 0.25) is 0 Å². The Morgan fingerprint density at radius 1 is 0.429 bits per heavy atom. The Hall–Kier alpha value is 4.42. The molecule has 0 bridgehead atoms. The van der Waals surface area contributed by atoms with E-state index < -0.39 is 0 Å². The van der Waals surface area contributed by atoms with Crippen LogP contribution >= 0.6 is 0 Å². The summed E-state index contributed by atoms with van der Waals surface area (Å²) in [7, 11) is 0. The molecule has 0 aromatic carbocycles. The maximum atomic E-state index is 0. The topological polar surface area (TPSA) is 0 Å². The van der Waals surface area contributed by atoms with E-state index in [9.17, 15) is 0 Å². The summed E-state index contributed by atoms with van der Waals surface area (Å²) in [5.74, 6) is 0. The third kappa shape index (κ3) is 37.8. The summed E-state index contributed by atoms with van der Waals surface area (Å²) in [4.78, 5) is 0. The Morgan fingerprint density at radius 2 is 0.429 bits per heavy atom. The van der Waals surface area contributed by atoms with Gasteiger partial charge < -0.3 is 22.3 Å². The molecule has 3 radical (unpaired) electrons. The minimum absolute atomic E-state index is 0. The Bertz CT molecular complexity index is 6.90. The Morgan fingerprint density at radius 3 is 0.429 bits per heavy atom. The summed E-state index contributed by atoms with van der Waals surface area (Å²) in [6.07, 6.45) is 0. The Labute approximate surface area is 149 Å². The predicted octanol–water partition coefficient (Wildman–Crippen LogP) is 1.34. The summed E-state index contributed by atoms with van der Waals surface area (Å²) < 4.78 is 0. The van der Waals surface area contributed by atoms with Crippen LogP contribution in [0.25, 0.3) is 0 Å². The van der Waals surface area contributed by atoms with E-state index >= 15 is 0 Å². The van der Waals surface area contributed by atoms with Crippen LogP contribution in [0, 0.1) is 22.3 Å². The molecule has 7 heavy (non-hydrogen) atoms. The molecule has 0 atom stereocenters. The summed E-state index contributed by atoms with van der Waals surface area (Å²) in [5.41, 5.74) is 0. The normalized spacial score (nSPS) is 0. The maximum absolute atomic E-state index is 0. The van der Waals surface area contributed by atoms with E-state index in [1.165, 1.54) is 0 Å². The molecule has 0 unspecified atom stereocenters. The van der Waals surface area contributed by atoms with E-state index in [4.69, 9.17) is 0 Å². The van der Waals surface area contributed by atoms with Gasteiger partial charge in [-0.3, -0.25) is 0 Å². The Kier molecular flexibility index (Phi) is 430. The SMILES string of the molecule is [CH3-].[CH3-].[CH3-].[Y+3].[Y].[Y].[Y]. The van der Waals surface area contributed by atoms with Crippen molar-refractivity contribution in [2.24, 2.45) is 0 Å². The van der Waals surface area contributed by atoms with Crippen LogP contribution < -0.4 is 0 Å². The molecule has 0 spiro atoms. The van der Waals surface area contributed by atoms with E-state index in [0.29, 0.717) is 0 Å². The van der Waals surface area contributed by atoms with E-state index in [2.05, 4.69) is 0 Å². The zero-order valence-electron chi connectivity index (χ0n) is 5.31. The second-order valence-corrected chi connectivity index (χ2v) is 0. The van der Waals surface area contributed by atoms with Crippen molar-refractivity contribution < 1.29 is 131 Å². The van der Waals surface area contributed by atoms with Gasteiger partial charge in [0.25, 0.3) is 0 Å². The molecule has 33 valence electrons. The van der Waals surface area contributed by atoms with Crippen molar-refractivity contribution in [2.75, 3.05) is 0 Å². The van der Waals surface area contributed by atoms with Crippen LogP contribution in [0.4, 0.5) is 0 Å². The van der Waals surface area contributed by atoms with Gasteiger partial charge in [-0.05, 0) is 0 Å². The standard InChI is InChI=1S/3CH3.4Y/h3*1H3;;;;/q3*-1;;;;+3. The minimum atomic E-state index is 0. The van der Waals surface area contributed by atoms with Crippen molar-refractivity contribution in [1.82, 2.24) is 0 Å². The molecule has 0 saturated heterocycles. The summed E-state index contributed by atoms with van der Waals surface area (Å²) >= 11 is 0. The van der Waals surface area contributed by atoms with Gasteiger partial charge in [0, 0.05) is 98.1 Å². The zero-order chi connectivity index (χ0) is 0.